The summed E-state index contributed by atoms with van der Waals surface area (Å²) in [6, 6.07) is 4.09. The lowest BCUT2D eigenvalue weighted by molar-refractivity contribution is -0.119. The van der Waals surface area contributed by atoms with Crippen molar-refractivity contribution in [1.29, 1.82) is 0 Å². The molecule has 3 rings (SSSR count). The highest BCUT2D eigenvalue weighted by Gasteiger charge is 2.36. The third kappa shape index (κ3) is 3.86. The third-order valence-electron chi connectivity index (χ3n) is 4.40. The maximum Gasteiger partial charge on any atom is 0.231 e. The van der Waals surface area contributed by atoms with Crippen molar-refractivity contribution in [2.45, 2.75) is 44.8 Å². The van der Waals surface area contributed by atoms with E-state index in [0.29, 0.717) is 12.5 Å². The van der Waals surface area contributed by atoms with E-state index >= 15 is 0 Å². The minimum absolute atomic E-state index is 0.210. The van der Waals surface area contributed by atoms with Crippen LogP contribution in [0.2, 0.25) is 0 Å². The van der Waals surface area contributed by atoms with Crippen LogP contribution in [0.15, 0.2) is 16.5 Å². The fourth-order valence-corrected chi connectivity index (χ4v) is 3.10. The van der Waals surface area contributed by atoms with Crippen molar-refractivity contribution in [2.24, 2.45) is 11.7 Å². The molecule has 0 unspecified atom stereocenters. The Balaban J connectivity index is 1.59. The Morgan fingerprint density at radius 1 is 1.48 bits per heavy atom. The predicted molar refractivity (Wildman–Crippen MR) is 78.7 cm³/mol. The average Bonchev–Trinajstić information content (AvgIpc) is 2.84. The molecular weight excluding hydrogens is 268 g/mol. The zero-order valence-electron chi connectivity index (χ0n) is 12.6. The summed E-state index contributed by atoms with van der Waals surface area (Å²) < 4.78 is 11.6. The van der Waals surface area contributed by atoms with E-state index in [-0.39, 0.29) is 18.6 Å². The Morgan fingerprint density at radius 3 is 2.90 bits per heavy atom. The van der Waals surface area contributed by atoms with Crippen molar-refractivity contribution in [1.82, 2.24) is 4.90 Å². The maximum atomic E-state index is 11.2. The summed E-state index contributed by atoms with van der Waals surface area (Å²) in [6.07, 6.45) is 3.58. The number of amides is 1. The average molecular weight is 292 g/mol. The van der Waals surface area contributed by atoms with Gasteiger partial charge >= 0.3 is 0 Å². The van der Waals surface area contributed by atoms with Gasteiger partial charge in [0.2, 0.25) is 5.91 Å². The van der Waals surface area contributed by atoms with Gasteiger partial charge in [0.15, 0.2) is 0 Å². The number of ether oxygens (including phenoxy) is 1. The second kappa shape index (κ2) is 6.20. The van der Waals surface area contributed by atoms with Crippen molar-refractivity contribution >= 4 is 5.91 Å². The molecule has 0 radical (unpaired) electrons. The van der Waals surface area contributed by atoms with Gasteiger partial charge in [-0.15, -0.1) is 0 Å². The molecule has 5 heteroatoms. The van der Waals surface area contributed by atoms with Crippen LogP contribution in [0.5, 0.6) is 0 Å². The molecule has 1 aromatic rings. The molecule has 116 valence electrons. The Hall–Kier alpha value is -1.33. The highest BCUT2D eigenvalue weighted by molar-refractivity contribution is 5.75. The molecule has 3 atom stereocenters. The molecular formula is C16H24N2O3. The normalized spacial score (nSPS) is 28.2. The van der Waals surface area contributed by atoms with Crippen LogP contribution in [0.4, 0.5) is 0 Å². The fourth-order valence-electron chi connectivity index (χ4n) is 3.10. The van der Waals surface area contributed by atoms with Crippen molar-refractivity contribution < 1.29 is 13.9 Å². The minimum Gasteiger partial charge on any atom is -0.464 e. The van der Waals surface area contributed by atoms with Crippen LogP contribution in [0.1, 0.15) is 43.6 Å². The maximum absolute atomic E-state index is 11.2. The van der Waals surface area contributed by atoms with E-state index in [1.807, 2.05) is 11.0 Å². The Bertz CT molecular complexity index is 493. The van der Waals surface area contributed by atoms with Crippen LogP contribution >= 0.6 is 0 Å². The quantitative estimate of drug-likeness (QED) is 0.833. The first kappa shape index (κ1) is 14.6. The van der Waals surface area contributed by atoms with Gasteiger partial charge in [-0.2, -0.15) is 0 Å². The number of rotatable bonds is 7. The number of furan rings is 1. The topological polar surface area (TPSA) is 68.7 Å². The van der Waals surface area contributed by atoms with Crippen molar-refractivity contribution in [2.75, 3.05) is 19.7 Å². The van der Waals surface area contributed by atoms with E-state index in [0.717, 1.165) is 43.4 Å². The molecule has 1 aliphatic carbocycles. The van der Waals surface area contributed by atoms with E-state index in [4.69, 9.17) is 14.9 Å². The van der Waals surface area contributed by atoms with Gasteiger partial charge in [0, 0.05) is 19.1 Å². The van der Waals surface area contributed by atoms with Crippen LogP contribution in [0.3, 0.4) is 0 Å². The number of hydrogen-bond donors (Lipinski definition) is 1. The van der Waals surface area contributed by atoms with Crippen LogP contribution < -0.4 is 5.73 Å². The first-order valence-corrected chi connectivity index (χ1v) is 7.82. The molecule has 2 aliphatic rings. The zero-order chi connectivity index (χ0) is 14.8. The van der Waals surface area contributed by atoms with Gasteiger partial charge in [0.25, 0.3) is 0 Å². The van der Waals surface area contributed by atoms with Crippen LogP contribution in [0, 0.1) is 5.92 Å². The molecule has 0 bridgehead atoms. The van der Waals surface area contributed by atoms with E-state index < -0.39 is 0 Å². The van der Waals surface area contributed by atoms with Crippen LogP contribution in [-0.2, 0) is 16.1 Å². The molecule has 1 saturated heterocycles. The van der Waals surface area contributed by atoms with Crippen molar-refractivity contribution in [3.8, 4) is 0 Å². The summed E-state index contributed by atoms with van der Waals surface area (Å²) >= 11 is 0. The number of carbonyl (C=O) groups is 1. The Morgan fingerprint density at radius 2 is 2.29 bits per heavy atom. The lowest BCUT2D eigenvalue weighted by atomic mass is 10.2. The fraction of sp³-hybridized carbons (Fsp3) is 0.688. The molecule has 0 aromatic carbocycles. The van der Waals surface area contributed by atoms with Gasteiger partial charge in [-0.25, -0.2) is 0 Å². The first-order valence-electron chi connectivity index (χ1n) is 7.82. The van der Waals surface area contributed by atoms with Gasteiger partial charge in [0.1, 0.15) is 11.5 Å². The number of carbonyl (C=O) groups excluding carboxylic acids is 1. The molecule has 2 N–H and O–H groups in total. The zero-order valence-corrected chi connectivity index (χ0v) is 12.6. The number of primary amides is 1. The van der Waals surface area contributed by atoms with Gasteiger partial charge in [0.05, 0.1) is 19.2 Å². The summed E-state index contributed by atoms with van der Waals surface area (Å²) in [7, 11) is 0. The standard InChI is InChI=1S/C16H24N2O3/c1-11-7-14(11)15-5-4-13(21-15)9-18(10-16(17)19)8-12-3-2-6-20-12/h4-5,11-12,14H,2-3,6-10H2,1H3,(H2,17,19)/t11-,12+,14-/m1/s1. The summed E-state index contributed by atoms with van der Waals surface area (Å²) in [5, 5.41) is 0. The monoisotopic (exact) mass is 292 g/mol. The number of hydrogen-bond acceptors (Lipinski definition) is 4. The van der Waals surface area contributed by atoms with E-state index in [9.17, 15) is 4.79 Å². The van der Waals surface area contributed by atoms with E-state index in [1.54, 1.807) is 0 Å². The lowest BCUT2D eigenvalue weighted by Gasteiger charge is -2.22. The van der Waals surface area contributed by atoms with Crippen molar-refractivity contribution in [3.63, 3.8) is 0 Å². The molecule has 1 saturated carbocycles. The molecule has 2 heterocycles. The molecule has 1 amide bonds. The largest absolute Gasteiger partial charge is 0.464 e. The molecule has 5 nitrogen and oxygen atoms in total. The predicted octanol–water partition coefficient (Wildman–Crippen LogP) is 1.87. The molecule has 1 aromatic heterocycles. The van der Waals surface area contributed by atoms with Gasteiger partial charge in [-0.05, 0) is 37.3 Å². The van der Waals surface area contributed by atoms with Gasteiger partial charge < -0.3 is 14.9 Å². The van der Waals surface area contributed by atoms with E-state index in [1.165, 1.54) is 6.42 Å². The second-order valence-electron chi connectivity index (χ2n) is 6.39. The van der Waals surface area contributed by atoms with Crippen molar-refractivity contribution in [3.05, 3.63) is 23.7 Å². The number of nitrogens with two attached hydrogens (primary N) is 1. The second-order valence-corrected chi connectivity index (χ2v) is 6.39. The van der Waals surface area contributed by atoms with E-state index in [2.05, 4.69) is 13.0 Å². The summed E-state index contributed by atoms with van der Waals surface area (Å²) in [4.78, 5) is 13.3. The minimum atomic E-state index is -0.310. The smallest absolute Gasteiger partial charge is 0.231 e. The SMILES string of the molecule is C[C@@H]1C[C@H]1c1ccc(CN(CC(N)=O)C[C@@H]2CCCO2)o1. The van der Waals surface area contributed by atoms with Crippen LogP contribution in [-0.4, -0.2) is 36.6 Å². The summed E-state index contributed by atoms with van der Waals surface area (Å²) in [5.74, 6) is 2.99. The number of nitrogens with zero attached hydrogens (tertiary/aromatic N) is 1. The van der Waals surface area contributed by atoms with Gasteiger partial charge in [-0.1, -0.05) is 6.92 Å². The van der Waals surface area contributed by atoms with Gasteiger partial charge in [-0.3, -0.25) is 9.69 Å². The Kier molecular flexibility index (Phi) is 4.31. The van der Waals surface area contributed by atoms with Crippen LogP contribution in [0.25, 0.3) is 0 Å². The first-order chi connectivity index (χ1) is 10.1. The molecule has 21 heavy (non-hydrogen) atoms. The Labute approximate surface area is 125 Å². The lowest BCUT2D eigenvalue weighted by Crippen LogP contribution is -2.38. The highest BCUT2D eigenvalue weighted by atomic mass is 16.5. The molecule has 0 spiro atoms. The molecule has 1 aliphatic heterocycles. The summed E-state index contributed by atoms with van der Waals surface area (Å²) in [5.41, 5.74) is 5.35. The summed E-state index contributed by atoms with van der Waals surface area (Å²) in [6.45, 7) is 4.65. The highest BCUT2D eigenvalue weighted by Crippen LogP contribution is 2.47. The third-order valence-corrected chi connectivity index (χ3v) is 4.40. The molecule has 2 fully saturated rings.